The van der Waals surface area contributed by atoms with E-state index < -0.39 is 10.9 Å². The molecule has 0 amide bonds. The van der Waals surface area contributed by atoms with Crippen LogP contribution in [-0.4, -0.2) is 53.1 Å². The maximum Gasteiger partial charge on any atom is 0.335 e. The van der Waals surface area contributed by atoms with Gasteiger partial charge in [0.05, 0.1) is 10.5 Å². The van der Waals surface area contributed by atoms with Crippen molar-refractivity contribution in [2.24, 2.45) is 0 Å². The van der Waals surface area contributed by atoms with E-state index in [2.05, 4.69) is 18.7 Å². The summed E-state index contributed by atoms with van der Waals surface area (Å²) in [7, 11) is 0. The Kier molecular flexibility index (Phi) is 4.42. The molecule has 1 heterocycles. The van der Waals surface area contributed by atoms with Crippen LogP contribution in [0.1, 0.15) is 24.2 Å². The monoisotopic (exact) mass is 293 g/mol. The van der Waals surface area contributed by atoms with Crippen molar-refractivity contribution >= 4 is 17.3 Å². The minimum absolute atomic E-state index is 0.0642. The summed E-state index contributed by atoms with van der Waals surface area (Å²) in [6.45, 7) is 7.38. The molecule has 0 radical (unpaired) electrons. The molecule has 1 unspecified atom stereocenters. The standard InChI is InChI=1S/C14H19N3O4/c1-3-15-6-7-16(9-10(15)2)12-5-4-11(14(18)19)8-13(12)17(20)21/h4-5,8,10H,3,6-7,9H2,1-2H3,(H,18,19). The Labute approximate surface area is 122 Å². The van der Waals surface area contributed by atoms with E-state index in [0.717, 1.165) is 19.2 Å². The molecule has 7 nitrogen and oxygen atoms in total. The summed E-state index contributed by atoms with van der Waals surface area (Å²) in [5, 5.41) is 20.2. The van der Waals surface area contributed by atoms with Crippen LogP contribution >= 0.6 is 0 Å². The smallest absolute Gasteiger partial charge is 0.335 e. The largest absolute Gasteiger partial charge is 0.478 e. The van der Waals surface area contributed by atoms with Gasteiger partial charge in [-0.05, 0) is 25.6 Å². The van der Waals surface area contributed by atoms with Crippen molar-refractivity contribution in [2.45, 2.75) is 19.9 Å². The first kappa shape index (κ1) is 15.2. The summed E-state index contributed by atoms with van der Waals surface area (Å²) in [5.41, 5.74) is 0.283. The highest BCUT2D eigenvalue weighted by molar-refractivity contribution is 5.89. The van der Waals surface area contributed by atoms with Gasteiger partial charge in [0.15, 0.2) is 0 Å². The van der Waals surface area contributed by atoms with E-state index in [1.54, 1.807) is 0 Å². The van der Waals surface area contributed by atoms with Gasteiger partial charge in [0.1, 0.15) is 5.69 Å². The second-order valence-corrected chi connectivity index (χ2v) is 5.19. The number of nitrogens with zero attached hydrogens (tertiary/aromatic N) is 3. The van der Waals surface area contributed by atoms with Crippen molar-refractivity contribution in [1.29, 1.82) is 0 Å². The topological polar surface area (TPSA) is 86.9 Å². The Morgan fingerprint density at radius 3 is 2.71 bits per heavy atom. The normalized spacial score (nSPS) is 19.5. The molecule has 7 heteroatoms. The number of hydrogen-bond acceptors (Lipinski definition) is 5. The molecule has 0 spiro atoms. The number of carboxylic acid groups (broad SMARTS) is 1. The lowest BCUT2D eigenvalue weighted by Crippen LogP contribution is -2.51. The zero-order chi connectivity index (χ0) is 15.6. The highest BCUT2D eigenvalue weighted by Crippen LogP contribution is 2.30. The van der Waals surface area contributed by atoms with Crippen LogP contribution in [0, 0.1) is 10.1 Å². The average molecular weight is 293 g/mol. The van der Waals surface area contributed by atoms with Crippen LogP contribution in [0.25, 0.3) is 0 Å². The minimum Gasteiger partial charge on any atom is -0.478 e. The Morgan fingerprint density at radius 2 is 2.19 bits per heavy atom. The maximum atomic E-state index is 11.2. The molecule has 0 aromatic heterocycles. The van der Waals surface area contributed by atoms with Gasteiger partial charge in [0.25, 0.3) is 5.69 Å². The van der Waals surface area contributed by atoms with Gasteiger partial charge in [-0.1, -0.05) is 6.92 Å². The van der Waals surface area contributed by atoms with Crippen LogP contribution < -0.4 is 4.90 Å². The molecule has 1 atom stereocenters. The molecule has 1 aromatic rings. The fourth-order valence-corrected chi connectivity index (χ4v) is 2.75. The Hall–Kier alpha value is -2.15. The lowest BCUT2D eigenvalue weighted by molar-refractivity contribution is -0.384. The lowest BCUT2D eigenvalue weighted by Gasteiger charge is -2.40. The van der Waals surface area contributed by atoms with Crippen LogP contribution in [0.15, 0.2) is 18.2 Å². The first-order valence-corrected chi connectivity index (χ1v) is 6.94. The number of piperazine rings is 1. The van der Waals surface area contributed by atoms with Gasteiger partial charge in [-0.2, -0.15) is 0 Å². The molecule has 1 N–H and O–H groups in total. The van der Waals surface area contributed by atoms with E-state index in [0.29, 0.717) is 24.8 Å². The molecule has 21 heavy (non-hydrogen) atoms. The van der Waals surface area contributed by atoms with E-state index in [1.807, 2.05) is 4.90 Å². The third-order valence-electron chi connectivity index (χ3n) is 3.93. The molecule has 1 fully saturated rings. The summed E-state index contributed by atoms with van der Waals surface area (Å²) < 4.78 is 0. The summed E-state index contributed by atoms with van der Waals surface area (Å²) in [6, 6.07) is 4.40. The number of likely N-dealkylation sites (N-methyl/N-ethyl adjacent to an activating group) is 1. The number of carbonyl (C=O) groups is 1. The SMILES string of the molecule is CCN1CCN(c2ccc(C(=O)O)cc2[N+](=O)[O-])CC1C. The molecule has 1 aliphatic heterocycles. The summed E-state index contributed by atoms with van der Waals surface area (Å²) in [6.07, 6.45) is 0. The van der Waals surface area contributed by atoms with Gasteiger partial charge in [-0.25, -0.2) is 4.79 Å². The lowest BCUT2D eigenvalue weighted by atomic mass is 10.1. The number of nitro groups is 1. The number of rotatable bonds is 4. The van der Waals surface area contributed by atoms with Gasteiger partial charge in [-0.15, -0.1) is 0 Å². The van der Waals surface area contributed by atoms with E-state index in [-0.39, 0.29) is 11.3 Å². The van der Waals surface area contributed by atoms with Gasteiger partial charge in [0.2, 0.25) is 0 Å². The molecule has 0 saturated carbocycles. The molecule has 2 rings (SSSR count). The Balaban J connectivity index is 2.31. The second-order valence-electron chi connectivity index (χ2n) is 5.19. The van der Waals surface area contributed by atoms with E-state index >= 15 is 0 Å². The Bertz CT molecular complexity index is 561. The van der Waals surface area contributed by atoms with Gasteiger partial charge in [0, 0.05) is 31.7 Å². The summed E-state index contributed by atoms with van der Waals surface area (Å²) in [4.78, 5) is 25.9. The quantitative estimate of drug-likeness (QED) is 0.673. The minimum atomic E-state index is -1.16. The maximum absolute atomic E-state index is 11.2. The van der Waals surface area contributed by atoms with E-state index in [1.165, 1.54) is 12.1 Å². The second kappa shape index (κ2) is 6.09. The fourth-order valence-electron chi connectivity index (χ4n) is 2.75. The van der Waals surface area contributed by atoms with Crippen LogP contribution in [0.3, 0.4) is 0 Å². The van der Waals surface area contributed by atoms with Crippen molar-refractivity contribution in [2.75, 3.05) is 31.1 Å². The van der Waals surface area contributed by atoms with Crippen molar-refractivity contribution in [3.8, 4) is 0 Å². The predicted octanol–water partition coefficient (Wildman–Crippen LogP) is 1.82. The predicted molar refractivity (Wildman–Crippen MR) is 79.0 cm³/mol. The van der Waals surface area contributed by atoms with Crippen LogP contribution in [0.5, 0.6) is 0 Å². The number of hydrogen-bond donors (Lipinski definition) is 1. The van der Waals surface area contributed by atoms with E-state index in [4.69, 9.17) is 5.11 Å². The molecule has 114 valence electrons. The molecule has 1 aliphatic rings. The van der Waals surface area contributed by atoms with Gasteiger partial charge < -0.3 is 10.0 Å². The molecular weight excluding hydrogens is 274 g/mol. The van der Waals surface area contributed by atoms with Crippen molar-refractivity contribution < 1.29 is 14.8 Å². The van der Waals surface area contributed by atoms with Crippen LogP contribution in [-0.2, 0) is 0 Å². The molecule has 1 aromatic carbocycles. The number of nitro benzene ring substituents is 1. The van der Waals surface area contributed by atoms with E-state index in [9.17, 15) is 14.9 Å². The molecular formula is C14H19N3O4. The van der Waals surface area contributed by atoms with Gasteiger partial charge >= 0.3 is 5.97 Å². The Morgan fingerprint density at radius 1 is 1.48 bits per heavy atom. The number of carboxylic acids is 1. The molecule has 0 bridgehead atoms. The summed E-state index contributed by atoms with van der Waals surface area (Å²) in [5.74, 6) is -1.16. The van der Waals surface area contributed by atoms with Crippen molar-refractivity contribution in [3.63, 3.8) is 0 Å². The summed E-state index contributed by atoms with van der Waals surface area (Å²) >= 11 is 0. The van der Waals surface area contributed by atoms with Gasteiger partial charge in [-0.3, -0.25) is 15.0 Å². The zero-order valence-corrected chi connectivity index (χ0v) is 12.2. The first-order valence-electron chi connectivity index (χ1n) is 6.94. The zero-order valence-electron chi connectivity index (χ0n) is 12.2. The third-order valence-corrected chi connectivity index (χ3v) is 3.93. The first-order chi connectivity index (χ1) is 9.93. The highest BCUT2D eigenvalue weighted by Gasteiger charge is 2.27. The third kappa shape index (κ3) is 3.13. The van der Waals surface area contributed by atoms with Crippen molar-refractivity contribution in [3.05, 3.63) is 33.9 Å². The van der Waals surface area contributed by atoms with Crippen LogP contribution in [0.2, 0.25) is 0 Å². The highest BCUT2D eigenvalue weighted by atomic mass is 16.6. The number of aromatic carboxylic acids is 1. The fraction of sp³-hybridized carbons (Fsp3) is 0.500. The number of anilines is 1. The molecule has 0 aliphatic carbocycles. The average Bonchev–Trinajstić information content (AvgIpc) is 2.46. The van der Waals surface area contributed by atoms with Crippen LogP contribution in [0.4, 0.5) is 11.4 Å². The molecule has 1 saturated heterocycles. The number of benzene rings is 1. The van der Waals surface area contributed by atoms with Crippen molar-refractivity contribution in [1.82, 2.24) is 4.90 Å².